The van der Waals surface area contributed by atoms with E-state index in [1.807, 2.05) is 34.6 Å². The van der Waals surface area contributed by atoms with Gasteiger partial charge in [-0.05, 0) is 47.0 Å². The smallest absolute Gasteiger partial charge is 0.248 e. The number of carbonyl (C=O) groups is 2. The molecular formula is C17H30N2O2S. The minimum atomic E-state index is -0.379. The van der Waals surface area contributed by atoms with Crippen molar-refractivity contribution in [3.05, 3.63) is 11.6 Å². The molecule has 2 unspecified atom stereocenters. The second kappa shape index (κ2) is 7.53. The number of rotatable bonds is 4. The van der Waals surface area contributed by atoms with Crippen molar-refractivity contribution in [1.29, 1.82) is 0 Å². The summed E-state index contributed by atoms with van der Waals surface area (Å²) in [7, 11) is 0. The fourth-order valence-corrected chi connectivity index (χ4v) is 4.07. The predicted molar refractivity (Wildman–Crippen MR) is 93.7 cm³/mol. The van der Waals surface area contributed by atoms with Crippen LogP contribution in [0.15, 0.2) is 11.6 Å². The maximum atomic E-state index is 12.6. The van der Waals surface area contributed by atoms with E-state index in [9.17, 15) is 9.59 Å². The summed E-state index contributed by atoms with van der Waals surface area (Å²) in [5, 5.41) is 3.09. The molecule has 1 heterocycles. The monoisotopic (exact) mass is 326 g/mol. The van der Waals surface area contributed by atoms with Crippen molar-refractivity contribution >= 4 is 23.6 Å². The third-order valence-corrected chi connectivity index (χ3v) is 4.55. The molecule has 126 valence electrons. The summed E-state index contributed by atoms with van der Waals surface area (Å²) >= 11 is 1.71. The molecule has 1 N–H and O–H groups in total. The van der Waals surface area contributed by atoms with Crippen molar-refractivity contribution in [3.63, 3.8) is 0 Å². The van der Waals surface area contributed by atoms with Gasteiger partial charge >= 0.3 is 0 Å². The summed E-state index contributed by atoms with van der Waals surface area (Å²) in [6.45, 7) is 14.0. The lowest BCUT2D eigenvalue weighted by molar-refractivity contribution is -0.137. The maximum Gasteiger partial charge on any atom is 0.248 e. The van der Waals surface area contributed by atoms with Gasteiger partial charge in [-0.3, -0.25) is 9.59 Å². The van der Waals surface area contributed by atoms with E-state index in [0.717, 1.165) is 12.0 Å². The normalized spacial score (nSPS) is 21.9. The van der Waals surface area contributed by atoms with Crippen molar-refractivity contribution < 1.29 is 9.59 Å². The van der Waals surface area contributed by atoms with Crippen LogP contribution < -0.4 is 5.32 Å². The molecule has 1 aliphatic heterocycles. The molecule has 0 aromatic rings. The van der Waals surface area contributed by atoms with E-state index in [4.69, 9.17) is 0 Å². The molecule has 0 aromatic heterocycles. The van der Waals surface area contributed by atoms with Crippen LogP contribution in [-0.4, -0.2) is 39.4 Å². The first kappa shape index (κ1) is 19.1. The SMILES string of the molecule is CC(C)=CC(=O)N1C(CC(C)C)SCC1C(=O)NC(C)(C)C. The van der Waals surface area contributed by atoms with Gasteiger partial charge in [0.25, 0.3) is 0 Å². The van der Waals surface area contributed by atoms with Gasteiger partial charge < -0.3 is 10.2 Å². The van der Waals surface area contributed by atoms with Crippen LogP contribution in [0.3, 0.4) is 0 Å². The molecule has 0 aliphatic carbocycles. The second-order valence-electron chi connectivity index (χ2n) is 7.64. The Labute approximate surface area is 139 Å². The number of thioether (sulfide) groups is 1. The van der Waals surface area contributed by atoms with E-state index in [2.05, 4.69) is 19.2 Å². The highest BCUT2D eigenvalue weighted by molar-refractivity contribution is 8.00. The Morgan fingerprint density at radius 1 is 1.32 bits per heavy atom. The third kappa shape index (κ3) is 5.67. The number of nitrogens with zero attached hydrogens (tertiary/aromatic N) is 1. The van der Waals surface area contributed by atoms with Crippen LogP contribution in [0.4, 0.5) is 0 Å². The molecule has 0 spiro atoms. The van der Waals surface area contributed by atoms with Gasteiger partial charge in [0, 0.05) is 17.4 Å². The number of amides is 2. The molecule has 1 rings (SSSR count). The Kier molecular flexibility index (Phi) is 6.53. The molecule has 5 heteroatoms. The van der Waals surface area contributed by atoms with Gasteiger partial charge in [0.05, 0.1) is 5.37 Å². The van der Waals surface area contributed by atoms with Gasteiger partial charge in [-0.2, -0.15) is 0 Å². The summed E-state index contributed by atoms with van der Waals surface area (Å²) in [5.74, 6) is 1.05. The highest BCUT2D eigenvalue weighted by Crippen LogP contribution is 2.34. The maximum absolute atomic E-state index is 12.6. The Hall–Kier alpha value is -0.970. The molecule has 2 amide bonds. The number of hydrogen-bond acceptors (Lipinski definition) is 3. The van der Waals surface area contributed by atoms with Crippen molar-refractivity contribution in [3.8, 4) is 0 Å². The molecular weight excluding hydrogens is 296 g/mol. The molecule has 0 aromatic carbocycles. The molecule has 22 heavy (non-hydrogen) atoms. The number of hydrogen-bond donors (Lipinski definition) is 1. The predicted octanol–water partition coefficient (Wildman–Crippen LogP) is 3.18. The highest BCUT2D eigenvalue weighted by Gasteiger charge is 2.41. The molecule has 0 radical (unpaired) electrons. The van der Waals surface area contributed by atoms with Crippen molar-refractivity contribution in [2.45, 2.75) is 71.8 Å². The van der Waals surface area contributed by atoms with Gasteiger partial charge in [-0.1, -0.05) is 19.4 Å². The van der Waals surface area contributed by atoms with Crippen LogP contribution >= 0.6 is 11.8 Å². The topological polar surface area (TPSA) is 49.4 Å². The van der Waals surface area contributed by atoms with E-state index in [1.165, 1.54) is 0 Å². The van der Waals surface area contributed by atoms with Crippen LogP contribution in [0.25, 0.3) is 0 Å². The first-order valence-corrected chi connectivity index (χ1v) is 8.97. The summed E-state index contributed by atoms with van der Waals surface area (Å²) in [4.78, 5) is 26.9. The van der Waals surface area contributed by atoms with Crippen LogP contribution in [0.2, 0.25) is 0 Å². The van der Waals surface area contributed by atoms with E-state index < -0.39 is 0 Å². The molecule has 1 fully saturated rings. The Morgan fingerprint density at radius 2 is 1.91 bits per heavy atom. The van der Waals surface area contributed by atoms with E-state index >= 15 is 0 Å². The summed E-state index contributed by atoms with van der Waals surface area (Å²) < 4.78 is 0. The number of allylic oxidation sites excluding steroid dienone is 1. The zero-order chi connectivity index (χ0) is 17.1. The van der Waals surface area contributed by atoms with Crippen molar-refractivity contribution in [1.82, 2.24) is 10.2 Å². The van der Waals surface area contributed by atoms with Crippen LogP contribution in [-0.2, 0) is 9.59 Å². The van der Waals surface area contributed by atoms with Gasteiger partial charge in [0.2, 0.25) is 11.8 Å². The van der Waals surface area contributed by atoms with Gasteiger partial charge in [-0.15, -0.1) is 11.8 Å². The quantitative estimate of drug-likeness (QED) is 0.807. The fraction of sp³-hybridized carbons (Fsp3) is 0.765. The van der Waals surface area contributed by atoms with Gasteiger partial charge in [0.1, 0.15) is 6.04 Å². The summed E-state index contributed by atoms with van der Waals surface area (Å²) in [6, 6.07) is -0.379. The van der Waals surface area contributed by atoms with Crippen LogP contribution in [0.5, 0.6) is 0 Å². The van der Waals surface area contributed by atoms with Gasteiger partial charge in [-0.25, -0.2) is 0 Å². The Balaban J connectivity index is 2.98. The molecule has 1 saturated heterocycles. The molecule has 0 bridgehead atoms. The molecule has 4 nitrogen and oxygen atoms in total. The Morgan fingerprint density at radius 3 is 2.36 bits per heavy atom. The first-order valence-electron chi connectivity index (χ1n) is 7.92. The highest BCUT2D eigenvalue weighted by atomic mass is 32.2. The van der Waals surface area contributed by atoms with Crippen LogP contribution in [0.1, 0.15) is 54.9 Å². The Bertz CT molecular complexity index is 448. The standard InChI is InChI=1S/C17H30N2O2S/c1-11(2)8-14(20)19-13(16(21)18-17(5,6)7)10-22-15(19)9-12(3)4/h8,12-13,15H,9-10H2,1-7H3,(H,18,21). The van der Waals surface area contributed by atoms with E-state index in [-0.39, 0.29) is 28.8 Å². The lowest BCUT2D eigenvalue weighted by Crippen LogP contribution is -2.53. The number of carbonyl (C=O) groups excluding carboxylic acids is 2. The summed E-state index contributed by atoms with van der Waals surface area (Å²) in [5.41, 5.74) is 0.670. The fourth-order valence-electron chi connectivity index (χ4n) is 2.42. The van der Waals surface area contributed by atoms with E-state index in [0.29, 0.717) is 11.7 Å². The lowest BCUT2D eigenvalue weighted by atomic mass is 10.1. The molecule has 1 aliphatic rings. The van der Waals surface area contributed by atoms with E-state index in [1.54, 1.807) is 22.7 Å². The second-order valence-corrected chi connectivity index (χ2v) is 8.85. The van der Waals surface area contributed by atoms with Crippen LogP contribution in [0, 0.1) is 5.92 Å². The largest absolute Gasteiger partial charge is 0.350 e. The summed E-state index contributed by atoms with van der Waals surface area (Å²) in [6.07, 6.45) is 2.54. The average Bonchev–Trinajstić information content (AvgIpc) is 2.68. The average molecular weight is 327 g/mol. The lowest BCUT2D eigenvalue weighted by Gasteiger charge is -2.31. The molecule has 0 saturated carbocycles. The van der Waals surface area contributed by atoms with Crippen molar-refractivity contribution in [2.75, 3.05) is 5.75 Å². The minimum absolute atomic E-state index is 0.0512. The van der Waals surface area contributed by atoms with Gasteiger partial charge in [0.15, 0.2) is 0 Å². The zero-order valence-corrected chi connectivity index (χ0v) is 15.7. The minimum Gasteiger partial charge on any atom is -0.350 e. The third-order valence-electron chi connectivity index (χ3n) is 3.23. The van der Waals surface area contributed by atoms with Crippen molar-refractivity contribution in [2.24, 2.45) is 5.92 Å². The number of nitrogens with one attached hydrogen (secondary N) is 1. The molecule has 2 atom stereocenters. The first-order chi connectivity index (χ1) is 10.0. The zero-order valence-electron chi connectivity index (χ0n) is 14.9.